The molecule has 0 spiro atoms. The molecular weight excluding hydrogens is 466 g/mol. The van der Waals surface area contributed by atoms with E-state index < -0.39 is 0 Å². The summed E-state index contributed by atoms with van der Waals surface area (Å²) in [5.41, 5.74) is 11.5. The minimum atomic E-state index is -0.124. The smallest absolute Gasteiger partial charge is 0.119 e. The van der Waals surface area contributed by atoms with Crippen LogP contribution in [-0.2, 0) is 0 Å². The van der Waals surface area contributed by atoms with Gasteiger partial charge in [-0.25, -0.2) is 4.98 Å². The Morgan fingerprint density at radius 3 is 2.37 bits per heavy atom. The second-order valence-corrected chi connectivity index (χ2v) is 10.9. The van der Waals surface area contributed by atoms with Gasteiger partial charge in [0.25, 0.3) is 0 Å². The van der Waals surface area contributed by atoms with Crippen LogP contribution in [0.1, 0.15) is 24.4 Å². The average Bonchev–Trinajstić information content (AvgIpc) is 2.98. The minimum absolute atomic E-state index is 0.124. The zero-order valence-electron chi connectivity index (χ0n) is 21.8. The van der Waals surface area contributed by atoms with Crippen molar-refractivity contribution in [1.29, 1.82) is 0 Å². The first-order chi connectivity index (χ1) is 18.6. The summed E-state index contributed by atoms with van der Waals surface area (Å²) in [5.74, 6) is 2.06. The van der Waals surface area contributed by atoms with Crippen molar-refractivity contribution in [3.8, 4) is 17.0 Å². The fourth-order valence-corrected chi connectivity index (χ4v) is 7.01. The Bertz CT molecular complexity index is 1640. The van der Waals surface area contributed by atoms with Crippen molar-refractivity contribution < 1.29 is 4.74 Å². The van der Waals surface area contributed by atoms with Gasteiger partial charge in [-0.3, -0.25) is 4.90 Å². The average molecular weight is 500 g/mol. The Kier molecular flexibility index (Phi) is 5.68. The molecule has 3 saturated heterocycles. The molecule has 0 radical (unpaired) electrons. The number of benzene rings is 4. The van der Waals surface area contributed by atoms with E-state index in [1.54, 1.807) is 7.11 Å². The molecule has 8 rings (SSSR count). The number of hydrogen-bond acceptors (Lipinski definition) is 4. The normalized spacial score (nSPS) is 23.6. The maximum absolute atomic E-state index is 7.24. The number of nitrogens with zero attached hydrogens (tertiary/aromatic N) is 2. The highest BCUT2D eigenvalue weighted by atomic mass is 16.5. The van der Waals surface area contributed by atoms with Crippen LogP contribution in [0.2, 0.25) is 0 Å². The third-order valence-corrected chi connectivity index (χ3v) is 9.00. The summed E-state index contributed by atoms with van der Waals surface area (Å²) in [6.07, 6.45) is 4.49. The van der Waals surface area contributed by atoms with Crippen LogP contribution in [0.4, 0.5) is 0 Å². The zero-order valence-corrected chi connectivity index (χ0v) is 21.8. The lowest BCUT2D eigenvalue weighted by molar-refractivity contribution is 0.00750. The Balaban J connectivity index is 1.46. The fourth-order valence-electron chi connectivity index (χ4n) is 7.01. The van der Waals surface area contributed by atoms with E-state index in [-0.39, 0.29) is 6.04 Å². The predicted octanol–water partition coefficient (Wildman–Crippen LogP) is 7.11. The molecule has 3 aliphatic heterocycles. The molecule has 190 valence electrons. The van der Waals surface area contributed by atoms with Crippen molar-refractivity contribution in [2.24, 2.45) is 17.6 Å². The van der Waals surface area contributed by atoms with E-state index in [4.69, 9.17) is 15.5 Å². The van der Waals surface area contributed by atoms with Gasteiger partial charge < -0.3 is 10.5 Å². The van der Waals surface area contributed by atoms with Crippen molar-refractivity contribution >= 4 is 32.4 Å². The maximum atomic E-state index is 7.24. The molecule has 38 heavy (non-hydrogen) atoms. The molecule has 1 unspecified atom stereocenters. The molecule has 0 amide bonds. The van der Waals surface area contributed by atoms with E-state index in [0.29, 0.717) is 17.9 Å². The van der Waals surface area contributed by atoms with Gasteiger partial charge in [-0.05, 0) is 88.7 Å². The van der Waals surface area contributed by atoms with E-state index in [1.165, 1.54) is 33.5 Å². The van der Waals surface area contributed by atoms with Crippen LogP contribution in [0.3, 0.4) is 0 Å². The largest absolute Gasteiger partial charge is 0.497 e. The Morgan fingerprint density at radius 2 is 1.71 bits per heavy atom. The van der Waals surface area contributed by atoms with Gasteiger partial charge in [0.15, 0.2) is 0 Å². The minimum Gasteiger partial charge on any atom is -0.497 e. The predicted molar refractivity (Wildman–Crippen MR) is 157 cm³/mol. The number of hydrogen-bond donors (Lipinski definition) is 1. The van der Waals surface area contributed by atoms with Crippen molar-refractivity contribution in [3.63, 3.8) is 0 Å². The number of methoxy groups -OCH3 is 1. The van der Waals surface area contributed by atoms with Gasteiger partial charge in [-0.15, -0.1) is 6.58 Å². The highest BCUT2D eigenvalue weighted by Gasteiger charge is 2.41. The van der Waals surface area contributed by atoms with Crippen LogP contribution in [0.25, 0.3) is 43.7 Å². The lowest BCUT2D eigenvalue weighted by Gasteiger charge is -2.51. The first kappa shape index (κ1) is 23.4. The molecule has 5 atom stereocenters. The topological polar surface area (TPSA) is 51.4 Å². The second-order valence-electron chi connectivity index (χ2n) is 10.9. The first-order valence-corrected chi connectivity index (χ1v) is 13.7. The van der Waals surface area contributed by atoms with Gasteiger partial charge in [-0.2, -0.15) is 0 Å². The highest BCUT2D eigenvalue weighted by molar-refractivity contribution is 6.12. The number of piperidine rings is 3. The van der Waals surface area contributed by atoms with Crippen molar-refractivity contribution in [2.45, 2.75) is 24.9 Å². The third kappa shape index (κ3) is 3.71. The quantitative estimate of drug-likeness (QED) is 0.207. The van der Waals surface area contributed by atoms with Gasteiger partial charge in [0.05, 0.1) is 18.3 Å². The molecule has 4 aromatic carbocycles. The fraction of sp³-hybridized carbons (Fsp3) is 0.265. The van der Waals surface area contributed by atoms with Crippen LogP contribution in [0.15, 0.2) is 91.5 Å². The molecular formula is C34H33N3O. The van der Waals surface area contributed by atoms with Crippen LogP contribution in [0.5, 0.6) is 5.75 Å². The van der Waals surface area contributed by atoms with Gasteiger partial charge >= 0.3 is 0 Å². The summed E-state index contributed by atoms with van der Waals surface area (Å²) in [6, 6.07) is 28.1. The molecule has 0 aliphatic carbocycles. The summed E-state index contributed by atoms with van der Waals surface area (Å²) in [5, 5.41) is 5.93. The summed E-state index contributed by atoms with van der Waals surface area (Å²) in [6.45, 7) is 6.27. The van der Waals surface area contributed by atoms with Gasteiger partial charge in [-0.1, -0.05) is 54.6 Å². The summed E-state index contributed by atoms with van der Waals surface area (Å²) >= 11 is 0. The molecule has 5 aromatic rings. The molecule has 4 nitrogen and oxygen atoms in total. The number of pyridine rings is 1. The first-order valence-electron chi connectivity index (χ1n) is 13.7. The van der Waals surface area contributed by atoms with Crippen LogP contribution < -0.4 is 10.5 Å². The Hall–Kier alpha value is -3.73. The molecule has 4 heteroatoms. The summed E-state index contributed by atoms with van der Waals surface area (Å²) in [7, 11) is 1.71. The molecule has 0 saturated carbocycles. The monoisotopic (exact) mass is 499 g/mol. The van der Waals surface area contributed by atoms with E-state index in [9.17, 15) is 0 Å². The van der Waals surface area contributed by atoms with Crippen molar-refractivity contribution in [2.75, 3.05) is 20.2 Å². The van der Waals surface area contributed by atoms with E-state index in [0.717, 1.165) is 47.4 Å². The highest BCUT2D eigenvalue weighted by Crippen LogP contribution is 2.43. The van der Waals surface area contributed by atoms with Crippen molar-refractivity contribution in [3.05, 3.63) is 97.1 Å². The molecule has 2 N–H and O–H groups in total. The molecule has 2 bridgehead atoms. The number of aromatic nitrogens is 1. The number of nitrogens with two attached hydrogens (primary N) is 1. The standard InChI is InChI=1S/C34H33N3O/c1-3-21-20-37-15-14-22(21)17-32(37)34(35)29-19-31(36-30-13-12-25(38-2)18-28(29)30)33-26-10-6-4-8-23(26)16-24-9-5-7-11-27(24)33/h3-13,16,18-19,21-22,32,34H,1,14-15,17,20,35H2,2H3/t21-,22-,32+,34-/m0/s1. The maximum Gasteiger partial charge on any atom is 0.119 e. The molecule has 4 heterocycles. The summed E-state index contributed by atoms with van der Waals surface area (Å²) in [4.78, 5) is 7.84. The van der Waals surface area contributed by atoms with Crippen molar-refractivity contribution in [1.82, 2.24) is 9.88 Å². The van der Waals surface area contributed by atoms with Gasteiger partial charge in [0.2, 0.25) is 0 Å². The lowest BCUT2D eigenvalue weighted by Crippen LogP contribution is -2.56. The van der Waals surface area contributed by atoms with Crippen LogP contribution in [0, 0.1) is 11.8 Å². The van der Waals surface area contributed by atoms with E-state index in [1.807, 2.05) is 6.07 Å². The number of ether oxygens (including phenoxy) is 1. The van der Waals surface area contributed by atoms with Crippen LogP contribution in [-0.4, -0.2) is 36.1 Å². The molecule has 3 fully saturated rings. The zero-order chi connectivity index (χ0) is 25.8. The Labute approximate surface area is 223 Å². The van der Waals surface area contributed by atoms with E-state index >= 15 is 0 Å². The number of rotatable bonds is 5. The van der Waals surface area contributed by atoms with Gasteiger partial charge in [0.1, 0.15) is 5.75 Å². The molecule has 3 aliphatic rings. The SMILES string of the molecule is C=C[C@H]1CN2CC[C@H]1C[C@@H]2[C@@H](N)c1cc(-c2c3ccccc3cc3ccccc23)nc2ccc(OC)cc12. The lowest BCUT2D eigenvalue weighted by atomic mass is 9.73. The third-order valence-electron chi connectivity index (χ3n) is 9.00. The summed E-state index contributed by atoms with van der Waals surface area (Å²) < 4.78 is 5.62. The second kappa shape index (κ2) is 9.23. The van der Waals surface area contributed by atoms with Gasteiger partial charge in [0, 0.05) is 29.6 Å². The number of fused-ring (bicyclic) bond motifs is 6. The van der Waals surface area contributed by atoms with E-state index in [2.05, 4.69) is 90.4 Å². The molecule has 1 aromatic heterocycles. The Morgan fingerprint density at radius 1 is 0.974 bits per heavy atom. The van der Waals surface area contributed by atoms with Crippen LogP contribution >= 0.6 is 0 Å².